The van der Waals surface area contributed by atoms with Gasteiger partial charge >= 0.3 is 12.1 Å². The van der Waals surface area contributed by atoms with E-state index in [2.05, 4.69) is 12.8 Å². The van der Waals surface area contributed by atoms with Gasteiger partial charge in [0.05, 0.1) is 7.11 Å². The summed E-state index contributed by atoms with van der Waals surface area (Å²) in [6.07, 6.45) is -0.604. The van der Waals surface area contributed by atoms with Gasteiger partial charge in [-0.2, -0.15) is 0 Å². The van der Waals surface area contributed by atoms with Crippen molar-refractivity contribution in [1.82, 2.24) is 4.31 Å². The number of aromatic hydroxyl groups is 1. The number of carboxylic acid groups (broad SMARTS) is 1. The van der Waals surface area contributed by atoms with Gasteiger partial charge in [0, 0.05) is 5.92 Å². The van der Waals surface area contributed by atoms with E-state index in [0.717, 1.165) is 9.87 Å². The van der Waals surface area contributed by atoms with Gasteiger partial charge in [-0.25, -0.2) is 13.9 Å². The molecule has 0 spiro atoms. The van der Waals surface area contributed by atoms with E-state index in [1.165, 1.54) is 19.2 Å². The summed E-state index contributed by atoms with van der Waals surface area (Å²) in [5, 5.41) is 19.6. The first kappa shape index (κ1) is 23.4. The van der Waals surface area contributed by atoms with Crippen LogP contribution in [0.1, 0.15) is 37.8 Å². The topological polar surface area (TPSA) is 96.3 Å². The van der Waals surface area contributed by atoms with Gasteiger partial charge in [-0.15, -0.1) is 0 Å². The van der Waals surface area contributed by atoms with Crippen LogP contribution in [0.25, 0.3) is 0 Å². The smallest absolute Gasteiger partial charge is 0.421 e. The molecule has 0 aliphatic heterocycles. The highest BCUT2D eigenvalue weighted by atomic mass is 32.1. The maximum Gasteiger partial charge on any atom is 0.421 e. The Hall–Kier alpha value is -2.87. The Balaban J connectivity index is 2.49. The number of hydrogen-bond donors (Lipinski definition) is 3. The van der Waals surface area contributed by atoms with Crippen molar-refractivity contribution in [3.63, 3.8) is 0 Å². The van der Waals surface area contributed by atoms with Gasteiger partial charge < -0.3 is 19.7 Å². The van der Waals surface area contributed by atoms with E-state index >= 15 is 0 Å². The summed E-state index contributed by atoms with van der Waals surface area (Å²) in [5.74, 6) is -1.27. The van der Waals surface area contributed by atoms with Crippen LogP contribution in [0.15, 0.2) is 48.5 Å². The fourth-order valence-electron chi connectivity index (χ4n) is 3.11. The minimum absolute atomic E-state index is 0.0524. The summed E-state index contributed by atoms with van der Waals surface area (Å²) >= 11 is 4.19. The van der Waals surface area contributed by atoms with Crippen molar-refractivity contribution in [1.29, 1.82) is 0 Å². The average molecular weight is 434 g/mol. The van der Waals surface area contributed by atoms with Gasteiger partial charge in [0.15, 0.2) is 6.04 Å². The highest BCUT2D eigenvalue weighted by molar-refractivity contribution is 7.78. The summed E-state index contributed by atoms with van der Waals surface area (Å²) in [7, 11) is 1.54. The summed E-state index contributed by atoms with van der Waals surface area (Å²) < 4.78 is 11.5. The number of methoxy groups -OCH3 is 1. The highest BCUT2D eigenvalue weighted by Gasteiger charge is 2.38. The van der Waals surface area contributed by atoms with Crippen molar-refractivity contribution < 1.29 is 29.3 Å². The average Bonchev–Trinajstić information content (AvgIpc) is 2.66. The van der Waals surface area contributed by atoms with Crippen molar-refractivity contribution in [3.8, 4) is 11.5 Å². The number of phenolic OH excluding ortho intramolecular Hbond substituents is 1. The molecule has 162 valence electrons. The third kappa shape index (κ3) is 6.06. The summed E-state index contributed by atoms with van der Waals surface area (Å²) in [5.41, 5.74) is 0.585. The molecule has 30 heavy (non-hydrogen) atoms. The number of phenols is 1. The zero-order valence-electron chi connectivity index (χ0n) is 17.4. The first-order valence-electron chi connectivity index (χ1n) is 9.38. The quantitative estimate of drug-likeness (QED) is 0.565. The Kier molecular flexibility index (Phi) is 7.61. The molecular weight excluding hydrogens is 406 g/mol. The van der Waals surface area contributed by atoms with Crippen molar-refractivity contribution in [2.75, 3.05) is 7.11 Å². The SMILES string of the molecule is COc1ccccc1CC(c1ccc(O)cc1)[C@H](C(=O)O)N(S)C(=O)OC(C)(C)C. The number of hydrogen-bond acceptors (Lipinski definition) is 6. The molecular formula is C22H27NO6S. The Morgan fingerprint density at radius 2 is 1.70 bits per heavy atom. The lowest BCUT2D eigenvalue weighted by Crippen LogP contribution is -2.45. The normalized spacial score (nSPS) is 13.2. The Labute approximate surface area is 181 Å². The number of aliphatic carboxylic acids is 1. The second kappa shape index (κ2) is 9.75. The van der Waals surface area contributed by atoms with Gasteiger partial charge in [0.2, 0.25) is 0 Å². The molecule has 2 rings (SSSR count). The van der Waals surface area contributed by atoms with Crippen LogP contribution in [0.4, 0.5) is 4.79 Å². The number of ether oxygens (including phenoxy) is 2. The van der Waals surface area contributed by atoms with E-state index in [1.54, 1.807) is 39.0 Å². The molecule has 0 aliphatic carbocycles. The van der Waals surface area contributed by atoms with Crippen LogP contribution in [0.3, 0.4) is 0 Å². The molecule has 0 aliphatic rings. The molecule has 2 aromatic carbocycles. The summed E-state index contributed by atoms with van der Waals surface area (Å²) in [6, 6.07) is 12.1. The molecule has 2 atom stereocenters. The first-order chi connectivity index (χ1) is 14.0. The number of nitrogens with zero attached hydrogens (tertiary/aromatic N) is 1. The van der Waals surface area contributed by atoms with Crippen LogP contribution < -0.4 is 4.74 Å². The number of benzene rings is 2. The van der Waals surface area contributed by atoms with Gasteiger partial charge in [0.1, 0.15) is 17.1 Å². The Morgan fingerprint density at radius 3 is 2.23 bits per heavy atom. The van der Waals surface area contributed by atoms with Crippen molar-refractivity contribution in [2.45, 2.75) is 44.8 Å². The second-order valence-corrected chi connectivity index (χ2v) is 8.25. The number of carboxylic acids is 1. The summed E-state index contributed by atoms with van der Waals surface area (Å²) in [4.78, 5) is 24.8. The third-order valence-electron chi connectivity index (χ3n) is 4.43. The van der Waals surface area contributed by atoms with Gasteiger partial charge in [-0.3, -0.25) is 0 Å². The fourth-order valence-corrected chi connectivity index (χ4v) is 3.41. The molecule has 2 aromatic rings. The lowest BCUT2D eigenvalue weighted by Gasteiger charge is -2.32. The zero-order chi connectivity index (χ0) is 22.5. The van der Waals surface area contributed by atoms with Gasteiger partial charge in [0.25, 0.3) is 0 Å². The molecule has 8 heteroatoms. The van der Waals surface area contributed by atoms with Crippen molar-refractivity contribution in [3.05, 3.63) is 59.7 Å². The predicted molar refractivity (Wildman–Crippen MR) is 116 cm³/mol. The fraction of sp³-hybridized carbons (Fsp3) is 0.364. The molecule has 0 radical (unpaired) electrons. The number of carbonyl (C=O) groups excluding carboxylic acids is 1. The molecule has 7 nitrogen and oxygen atoms in total. The van der Waals surface area contributed by atoms with Crippen LogP contribution in [0.2, 0.25) is 0 Å². The standard InChI is InChI=1S/C22H27NO6S/c1-22(2,3)29-21(27)23(30)19(20(25)26)17(14-9-11-16(24)12-10-14)13-15-7-5-6-8-18(15)28-4/h5-12,17,19,24,30H,13H2,1-4H3,(H,25,26)/t17?,19-/m1/s1. The monoisotopic (exact) mass is 433 g/mol. The molecule has 0 heterocycles. The minimum atomic E-state index is -1.34. The van der Waals surface area contributed by atoms with Crippen LogP contribution >= 0.6 is 12.8 Å². The van der Waals surface area contributed by atoms with E-state index in [-0.39, 0.29) is 12.2 Å². The number of carbonyl (C=O) groups is 2. The predicted octanol–water partition coefficient (Wildman–Crippen LogP) is 4.26. The van der Waals surface area contributed by atoms with E-state index in [0.29, 0.717) is 11.3 Å². The first-order valence-corrected chi connectivity index (χ1v) is 9.78. The Morgan fingerprint density at radius 1 is 1.10 bits per heavy atom. The van der Waals surface area contributed by atoms with Crippen LogP contribution in [0.5, 0.6) is 11.5 Å². The lowest BCUT2D eigenvalue weighted by molar-refractivity contribution is -0.142. The number of thiol groups is 1. The molecule has 0 saturated carbocycles. The number of para-hydroxylation sites is 1. The number of rotatable bonds is 7. The molecule has 2 N–H and O–H groups in total. The number of amides is 1. The molecule has 0 fully saturated rings. The van der Waals surface area contributed by atoms with Gasteiger partial charge in [-0.05, 0) is 56.5 Å². The van der Waals surface area contributed by atoms with Crippen molar-refractivity contribution in [2.24, 2.45) is 0 Å². The Bertz CT molecular complexity index is 878. The molecule has 0 bridgehead atoms. The molecule has 1 amide bonds. The molecule has 0 saturated heterocycles. The third-order valence-corrected chi connectivity index (χ3v) is 4.84. The van der Waals surface area contributed by atoms with E-state index in [9.17, 15) is 19.8 Å². The maximum atomic E-state index is 12.6. The molecule has 0 aromatic heterocycles. The summed E-state index contributed by atoms with van der Waals surface area (Å²) in [6.45, 7) is 5.07. The second-order valence-electron chi connectivity index (χ2n) is 7.82. The van der Waals surface area contributed by atoms with Crippen LogP contribution in [-0.4, -0.2) is 45.3 Å². The minimum Gasteiger partial charge on any atom is -0.508 e. The van der Waals surface area contributed by atoms with E-state index in [1.807, 2.05) is 18.2 Å². The van der Waals surface area contributed by atoms with E-state index < -0.39 is 29.6 Å². The van der Waals surface area contributed by atoms with Gasteiger partial charge in [-0.1, -0.05) is 43.1 Å². The largest absolute Gasteiger partial charge is 0.508 e. The highest BCUT2D eigenvalue weighted by Crippen LogP contribution is 2.33. The van der Waals surface area contributed by atoms with E-state index in [4.69, 9.17) is 9.47 Å². The molecule has 1 unspecified atom stereocenters. The van der Waals surface area contributed by atoms with Crippen molar-refractivity contribution >= 4 is 24.9 Å². The maximum absolute atomic E-state index is 12.6. The lowest BCUT2D eigenvalue weighted by atomic mass is 9.85. The van der Waals surface area contributed by atoms with Crippen LogP contribution in [-0.2, 0) is 16.0 Å². The zero-order valence-corrected chi connectivity index (χ0v) is 18.3. The van der Waals surface area contributed by atoms with Crippen LogP contribution in [0, 0.1) is 0 Å².